The van der Waals surface area contributed by atoms with Crippen LogP contribution in [0.15, 0.2) is 30.2 Å². The number of thiazole rings is 1. The summed E-state index contributed by atoms with van der Waals surface area (Å²) in [6, 6.07) is 3.69. The van der Waals surface area contributed by atoms with Gasteiger partial charge in [-0.25, -0.2) is 14.6 Å². The predicted molar refractivity (Wildman–Crippen MR) is 110 cm³/mol. The molecule has 1 unspecified atom stereocenters. The molecule has 11 nitrogen and oxygen atoms in total. The second kappa shape index (κ2) is 8.95. The molecule has 2 N–H and O–H groups in total. The summed E-state index contributed by atoms with van der Waals surface area (Å²) in [7, 11) is 1.58. The molecule has 1 aliphatic rings. The maximum Gasteiger partial charge on any atom is 0.231 e. The highest BCUT2D eigenvalue weighted by molar-refractivity contribution is 7.13. The van der Waals surface area contributed by atoms with Gasteiger partial charge in [0.2, 0.25) is 11.8 Å². The minimum Gasteiger partial charge on any atom is -0.359 e. The maximum atomic E-state index is 12.7. The van der Waals surface area contributed by atoms with E-state index in [2.05, 4.69) is 40.8 Å². The van der Waals surface area contributed by atoms with Gasteiger partial charge in [0.15, 0.2) is 16.8 Å². The number of hydrogen-bond acceptors (Lipinski definition) is 9. The average Bonchev–Trinajstić information content (AvgIpc) is 3.46. The zero-order valence-electron chi connectivity index (χ0n) is 16.4. The number of hydrogen-bond donors (Lipinski definition) is 2. The summed E-state index contributed by atoms with van der Waals surface area (Å²) < 4.78 is 1.54. The number of aromatic nitrogens is 6. The third-order valence-electron chi connectivity index (χ3n) is 4.81. The van der Waals surface area contributed by atoms with Crippen molar-refractivity contribution < 1.29 is 9.59 Å². The molecule has 0 aliphatic carbocycles. The molecule has 1 fully saturated rings. The van der Waals surface area contributed by atoms with Crippen LogP contribution >= 0.6 is 11.3 Å². The van der Waals surface area contributed by atoms with Gasteiger partial charge in [-0.1, -0.05) is 0 Å². The summed E-state index contributed by atoms with van der Waals surface area (Å²) >= 11 is 1.32. The van der Waals surface area contributed by atoms with Crippen molar-refractivity contribution in [3.63, 3.8) is 0 Å². The Morgan fingerprint density at radius 1 is 1.27 bits per heavy atom. The highest BCUT2D eigenvalue weighted by Crippen LogP contribution is 2.24. The fourth-order valence-corrected chi connectivity index (χ4v) is 3.95. The number of rotatable bonds is 6. The maximum absolute atomic E-state index is 12.7. The molecule has 2 amide bonds. The van der Waals surface area contributed by atoms with Crippen molar-refractivity contribution in [1.29, 1.82) is 0 Å². The molecule has 3 aromatic rings. The minimum absolute atomic E-state index is 0.0762. The van der Waals surface area contributed by atoms with E-state index in [0.717, 1.165) is 25.2 Å². The fraction of sp³-hybridized carbons (Fsp3) is 0.389. The second-order valence-electron chi connectivity index (χ2n) is 6.86. The number of amides is 2. The Labute approximate surface area is 176 Å². The van der Waals surface area contributed by atoms with Crippen LogP contribution in [0, 0.1) is 5.92 Å². The molecule has 1 aliphatic heterocycles. The first-order valence-corrected chi connectivity index (χ1v) is 10.4. The van der Waals surface area contributed by atoms with Crippen LogP contribution < -0.4 is 15.5 Å². The van der Waals surface area contributed by atoms with Gasteiger partial charge in [0.1, 0.15) is 12.7 Å². The summed E-state index contributed by atoms with van der Waals surface area (Å²) in [6.45, 7) is 1.37. The van der Waals surface area contributed by atoms with Gasteiger partial charge >= 0.3 is 0 Å². The van der Waals surface area contributed by atoms with Gasteiger partial charge in [-0.05, 0) is 25.0 Å². The standard InChI is InChI=1S/C18H21N9O2S/c1-19-16(28)7-13-9-30-18(22-13)23-17(29)12-3-2-6-26(8-12)14-4-5-15(25-24-14)27-11-20-10-21-27/h4-5,9-12H,2-3,6-8H2,1H3,(H,19,28)(H,22,23,29). The zero-order valence-corrected chi connectivity index (χ0v) is 17.2. The average molecular weight is 427 g/mol. The van der Waals surface area contributed by atoms with E-state index >= 15 is 0 Å². The first-order chi connectivity index (χ1) is 14.6. The van der Waals surface area contributed by atoms with E-state index in [1.807, 2.05) is 12.1 Å². The molecule has 3 aromatic heterocycles. The Hall–Kier alpha value is -3.41. The van der Waals surface area contributed by atoms with E-state index < -0.39 is 0 Å². The number of nitrogens with one attached hydrogen (secondary N) is 2. The lowest BCUT2D eigenvalue weighted by Gasteiger charge is -2.32. The fourth-order valence-electron chi connectivity index (χ4n) is 3.24. The lowest BCUT2D eigenvalue weighted by Crippen LogP contribution is -2.41. The topological polar surface area (TPSA) is 131 Å². The first-order valence-electron chi connectivity index (χ1n) is 9.52. The van der Waals surface area contributed by atoms with Crippen LogP contribution in [0.5, 0.6) is 0 Å². The molecule has 30 heavy (non-hydrogen) atoms. The van der Waals surface area contributed by atoms with Crippen LogP contribution in [-0.4, -0.2) is 61.9 Å². The lowest BCUT2D eigenvalue weighted by molar-refractivity contribution is -0.120. The largest absolute Gasteiger partial charge is 0.359 e. The van der Waals surface area contributed by atoms with Gasteiger partial charge in [0, 0.05) is 25.5 Å². The molecule has 4 rings (SSSR count). The Balaban J connectivity index is 1.36. The molecule has 1 atom stereocenters. The van der Waals surface area contributed by atoms with Crippen LogP contribution in [-0.2, 0) is 16.0 Å². The van der Waals surface area contributed by atoms with Gasteiger partial charge < -0.3 is 15.5 Å². The van der Waals surface area contributed by atoms with E-state index in [9.17, 15) is 9.59 Å². The predicted octanol–water partition coefficient (Wildman–Crippen LogP) is 0.657. The molecule has 1 saturated heterocycles. The molecular weight excluding hydrogens is 406 g/mol. The summed E-state index contributed by atoms with van der Waals surface area (Å²) in [5.41, 5.74) is 0.641. The number of anilines is 2. The SMILES string of the molecule is CNC(=O)Cc1csc(NC(=O)C2CCCN(c3ccc(-n4cncn4)nn3)C2)n1. The van der Waals surface area contributed by atoms with Crippen molar-refractivity contribution in [2.75, 3.05) is 30.4 Å². The Morgan fingerprint density at radius 3 is 2.83 bits per heavy atom. The Bertz CT molecular complexity index is 1000. The van der Waals surface area contributed by atoms with Crippen LogP contribution in [0.25, 0.3) is 5.82 Å². The quantitative estimate of drug-likeness (QED) is 0.587. The monoisotopic (exact) mass is 427 g/mol. The molecular formula is C18H21N9O2S. The van der Waals surface area contributed by atoms with Crippen molar-refractivity contribution in [1.82, 2.24) is 35.3 Å². The number of nitrogens with zero attached hydrogens (tertiary/aromatic N) is 7. The number of carbonyl (C=O) groups excluding carboxylic acids is 2. The summed E-state index contributed by atoms with van der Waals surface area (Å²) in [4.78, 5) is 34.5. The Morgan fingerprint density at radius 2 is 2.10 bits per heavy atom. The molecule has 156 valence electrons. The van der Waals surface area contributed by atoms with Crippen LogP contribution in [0.1, 0.15) is 18.5 Å². The van der Waals surface area contributed by atoms with Crippen molar-refractivity contribution in [3.8, 4) is 5.82 Å². The number of likely N-dealkylation sites (N-methyl/N-ethyl adjacent to an activating group) is 1. The summed E-state index contributed by atoms with van der Waals surface area (Å²) in [5.74, 6) is 0.934. The summed E-state index contributed by atoms with van der Waals surface area (Å²) in [5, 5.41) is 20.2. The van der Waals surface area contributed by atoms with Crippen molar-refractivity contribution in [2.24, 2.45) is 5.92 Å². The van der Waals surface area contributed by atoms with Crippen molar-refractivity contribution in [3.05, 3.63) is 35.9 Å². The van der Waals surface area contributed by atoms with Gasteiger partial charge in [0.05, 0.1) is 18.0 Å². The van der Waals surface area contributed by atoms with Crippen molar-refractivity contribution in [2.45, 2.75) is 19.3 Å². The third-order valence-corrected chi connectivity index (χ3v) is 5.61. The molecule has 12 heteroatoms. The van der Waals surface area contributed by atoms with E-state index in [1.165, 1.54) is 22.3 Å². The Kier molecular flexibility index (Phi) is 5.93. The van der Waals surface area contributed by atoms with Gasteiger partial charge in [-0.3, -0.25) is 9.59 Å². The van der Waals surface area contributed by atoms with Gasteiger partial charge in [0.25, 0.3) is 0 Å². The minimum atomic E-state index is -0.179. The molecule has 0 spiro atoms. The van der Waals surface area contributed by atoms with E-state index in [-0.39, 0.29) is 24.2 Å². The van der Waals surface area contributed by atoms with Crippen molar-refractivity contribution >= 4 is 34.1 Å². The highest BCUT2D eigenvalue weighted by Gasteiger charge is 2.27. The molecule has 0 radical (unpaired) electrons. The van der Waals surface area contributed by atoms with Crippen LogP contribution in [0.3, 0.4) is 0 Å². The molecule has 0 aromatic carbocycles. The molecule has 4 heterocycles. The molecule has 0 bridgehead atoms. The second-order valence-corrected chi connectivity index (χ2v) is 7.72. The normalized spacial score (nSPS) is 16.3. The lowest BCUT2D eigenvalue weighted by atomic mass is 9.97. The van der Waals surface area contributed by atoms with Gasteiger partial charge in [-0.2, -0.15) is 5.10 Å². The van der Waals surface area contributed by atoms with E-state index in [4.69, 9.17) is 0 Å². The summed E-state index contributed by atoms with van der Waals surface area (Å²) in [6.07, 6.45) is 4.87. The number of piperidine rings is 1. The first kappa shape index (κ1) is 19.9. The van der Waals surface area contributed by atoms with Crippen LogP contribution in [0.2, 0.25) is 0 Å². The number of carbonyl (C=O) groups is 2. The molecule has 0 saturated carbocycles. The zero-order chi connectivity index (χ0) is 20.9. The van der Waals surface area contributed by atoms with Crippen LogP contribution in [0.4, 0.5) is 10.9 Å². The van der Waals surface area contributed by atoms with Gasteiger partial charge in [-0.15, -0.1) is 21.5 Å². The smallest absolute Gasteiger partial charge is 0.231 e. The third kappa shape index (κ3) is 4.59. The van der Waals surface area contributed by atoms with E-state index in [1.54, 1.807) is 18.8 Å². The van der Waals surface area contributed by atoms with E-state index in [0.29, 0.717) is 23.2 Å². The highest BCUT2D eigenvalue weighted by atomic mass is 32.1.